The molecule has 5 nitrogen and oxygen atoms in total. The summed E-state index contributed by atoms with van der Waals surface area (Å²) in [6.45, 7) is 2.60. The highest BCUT2D eigenvalue weighted by Crippen LogP contribution is 2.24. The molecule has 0 radical (unpaired) electrons. The first-order valence-corrected chi connectivity index (χ1v) is 7.22. The fourth-order valence-electron chi connectivity index (χ4n) is 1.99. The maximum Gasteiger partial charge on any atom is 0.130 e. The Morgan fingerprint density at radius 2 is 2.05 bits per heavy atom. The summed E-state index contributed by atoms with van der Waals surface area (Å²) in [5.74, 6) is 1.64. The standard InChI is InChI=1S/C17H22N2O3/c1-20-10-9-18-12-14-11-16(21-2)6-7-17(14)22-13-15-5-3-4-8-19-15/h3-8,11,18H,9-10,12-13H2,1-2H3. The van der Waals surface area contributed by atoms with Crippen LogP contribution in [0.1, 0.15) is 11.3 Å². The van der Waals surface area contributed by atoms with Gasteiger partial charge in [0.2, 0.25) is 0 Å². The lowest BCUT2D eigenvalue weighted by Crippen LogP contribution is -2.19. The lowest BCUT2D eigenvalue weighted by atomic mass is 10.2. The van der Waals surface area contributed by atoms with Crippen LogP contribution in [0.15, 0.2) is 42.6 Å². The van der Waals surface area contributed by atoms with Gasteiger partial charge in [0.15, 0.2) is 0 Å². The molecule has 1 N–H and O–H groups in total. The van der Waals surface area contributed by atoms with E-state index in [0.29, 0.717) is 19.8 Å². The Labute approximate surface area is 131 Å². The topological polar surface area (TPSA) is 52.6 Å². The Morgan fingerprint density at radius 3 is 2.77 bits per heavy atom. The second-order valence-electron chi connectivity index (χ2n) is 4.75. The molecule has 0 aliphatic carbocycles. The van der Waals surface area contributed by atoms with E-state index in [9.17, 15) is 0 Å². The van der Waals surface area contributed by atoms with E-state index < -0.39 is 0 Å². The van der Waals surface area contributed by atoms with Crippen molar-refractivity contribution in [1.82, 2.24) is 10.3 Å². The maximum absolute atomic E-state index is 5.89. The van der Waals surface area contributed by atoms with E-state index in [2.05, 4.69) is 10.3 Å². The van der Waals surface area contributed by atoms with Gasteiger partial charge in [-0.05, 0) is 30.3 Å². The Kier molecular flexibility index (Phi) is 6.67. The molecule has 118 valence electrons. The zero-order valence-electron chi connectivity index (χ0n) is 13.0. The zero-order valence-corrected chi connectivity index (χ0v) is 13.0. The lowest BCUT2D eigenvalue weighted by molar-refractivity contribution is 0.199. The number of hydrogen-bond acceptors (Lipinski definition) is 5. The average Bonchev–Trinajstić information content (AvgIpc) is 2.58. The average molecular weight is 302 g/mol. The SMILES string of the molecule is COCCNCc1cc(OC)ccc1OCc1ccccn1. The largest absolute Gasteiger partial charge is 0.497 e. The van der Waals surface area contributed by atoms with Crippen molar-refractivity contribution in [2.24, 2.45) is 0 Å². The highest BCUT2D eigenvalue weighted by molar-refractivity contribution is 5.40. The first-order chi connectivity index (χ1) is 10.8. The number of benzene rings is 1. The van der Waals surface area contributed by atoms with E-state index in [1.807, 2.05) is 36.4 Å². The van der Waals surface area contributed by atoms with Gasteiger partial charge in [0.05, 0.1) is 19.4 Å². The van der Waals surface area contributed by atoms with Gasteiger partial charge in [-0.3, -0.25) is 4.98 Å². The molecule has 2 aromatic rings. The molecule has 1 heterocycles. The van der Waals surface area contributed by atoms with Gasteiger partial charge >= 0.3 is 0 Å². The van der Waals surface area contributed by atoms with Gasteiger partial charge in [-0.25, -0.2) is 0 Å². The van der Waals surface area contributed by atoms with Gasteiger partial charge < -0.3 is 19.5 Å². The molecule has 0 aliphatic heterocycles. The second-order valence-corrected chi connectivity index (χ2v) is 4.75. The van der Waals surface area contributed by atoms with Crippen molar-refractivity contribution in [2.45, 2.75) is 13.2 Å². The minimum atomic E-state index is 0.443. The molecule has 0 atom stereocenters. The van der Waals surface area contributed by atoms with Crippen LogP contribution in [0.5, 0.6) is 11.5 Å². The van der Waals surface area contributed by atoms with Gasteiger partial charge in [0.25, 0.3) is 0 Å². The number of pyridine rings is 1. The molecule has 1 aromatic heterocycles. The molecule has 0 saturated heterocycles. The predicted octanol–water partition coefficient (Wildman–Crippen LogP) is 2.41. The van der Waals surface area contributed by atoms with Crippen LogP contribution >= 0.6 is 0 Å². The molecule has 0 amide bonds. The zero-order chi connectivity index (χ0) is 15.6. The molecule has 0 spiro atoms. The first-order valence-electron chi connectivity index (χ1n) is 7.22. The molecule has 0 unspecified atom stereocenters. The molecule has 2 rings (SSSR count). The monoisotopic (exact) mass is 302 g/mol. The Morgan fingerprint density at radius 1 is 1.14 bits per heavy atom. The summed E-state index contributed by atoms with van der Waals surface area (Å²) >= 11 is 0. The molecule has 1 aromatic carbocycles. The van der Waals surface area contributed by atoms with Gasteiger partial charge in [-0.2, -0.15) is 0 Å². The third kappa shape index (κ3) is 5.02. The van der Waals surface area contributed by atoms with Crippen LogP contribution in [0.3, 0.4) is 0 Å². The lowest BCUT2D eigenvalue weighted by Gasteiger charge is -2.13. The quantitative estimate of drug-likeness (QED) is 0.721. The van der Waals surface area contributed by atoms with E-state index in [1.54, 1.807) is 20.4 Å². The van der Waals surface area contributed by atoms with Crippen LogP contribution in [0.25, 0.3) is 0 Å². The second kappa shape index (κ2) is 9.02. The highest BCUT2D eigenvalue weighted by atomic mass is 16.5. The highest BCUT2D eigenvalue weighted by Gasteiger charge is 2.06. The number of nitrogens with zero attached hydrogens (tertiary/aromatic N) is 1. The Hall–Kier alpha value is -2.11. The molecule has 5 heteroatoms. The minimum absolute atomic E-state index is 0.443. The van der Waals surface area contributed by atoms with Gasteiger partial charge in [0.1, 0.15) is 18.1 Å². The van der Waals surface area contributed by atoms with Crippen LogP contribution in [0.4, 0.5) is 0 Å². The fraction of sp³-hybridized carbons (Fsp3) is 0.353. The number of hydrogen-bond donors (Lipinski definition) is 1. The van der Waals surface area contributed by atoms with E-state index in [0.717, 1.165) is 29.3 Å². The summed E-state index contributed by atoms with van der Waals surface area (Å²) in [5, 5.41) is 3.32. The summed E-state index contributed by atoms with van der Waals surface area (Å²) < 4.78 is 16.2. The molecular formula is C17H22N2O3. The van der Waals surface area contributed by atoms with Crippen molar-refractivity contribution >= 4 is 0 Å². The van der Waals surface area contributed by atoms with Crippen LogP contribution in [-0.4, -0.2) is 32.4 Å². The Bertz CT molecular complexity index is 561. The number of nitrogens with one attached hydrogen (secondary N) is 1. The summed E-state index contributed by atoms with van der Waals surface area (Å²) in [5.41, 5.74) is 1.95. The summed E-state index contributed by atoms with van der Waals surface area (Å²) in [6.07, 6.45) is 1.76. The molecule has 0 aliphatic rings. The Balaban J connectivity index is 2.01. The molecule has 22 heavy (non-hydrogen) atoms. The number of aromatic nitrogens is 1. The number of ether oxygens (including phenoxy) is 3. The third-order valence-electron chi connectivity index (χ3n) is 3.17. The van der Waals surface area contributed by atoms with Crippen LogP contribution in [0, 0.1) is 0 Å². The minimum Gasteiger partial charge on any atom is -0.497 e. The smallest absolute Gasteiger partial charge is 0.130 e. The third-order valence-corrected chi connectivity index (χ3v) is 3.17. The summed E-state index contributed by atoms with van der Waals surface area (Å²) in [4.78, 5) is 4.26. The van der Waals surface area contributed by atoms with Crippen molar-refractivity contribution < 1.29 is 14.2 Å². The van der Waals surface area contributed by atoms with Crippen molar-refractivity contribution in [2.75, 3.05) is 27.4 Å². The van der Waals surface area contributed by atoms with E-state index in [1.165, 1.54) is 0 Å². The van der Waals surface area contributed by atoms with Crippen LogP contribution in [0.2, 0.25) is 0 Å². The normalized spacial score (nSPS) is 10.5. The van der Waals surface area contributed by atoms with Gasteiger partial charge in [-0.15, -0.1) is 0 Å². The molecule has 0 fully saturated rings. The van der Waals surface area contributed by atoms with Crippen molar-refractivity contribution in [3.05, 3.63) is 53.9 Å². The fourth-order valence-corrected chi connectivity index (χ4v) is 1.99. The van der Waals surface area contributed by atoms with E-state index >= 15 is 0 Å². The van der Waals surface area contributed by atoms with Gasteiger partial charge in [0, 0.05) is 32.0 Å². The molecule has 0 bridgehead atoms. The summed E-state index contributed by atoms with van der Waals surface area (Å²) in [6, 6.07) is 11.6. The summed E-state index contributed by atoms with van der Waals surface area (Å²) in [7, 11) is 3.35. The van der Waals surface area contributed by atoms with Crippen LogP contribution < -0.4 is 14.8 Å². The van der Waals surface area contributed by atoms with Crippen molar-refractivity contribution in [1.29, 1.82) is 0 Å². The van der Waals surface area contributed by atoms with Crippen LogP contribution in [-0.2, 0) is 17.9 Å². The number of rotatable bonds is 9. The van der Waals surface area contributed by atoms with E-state index in [-0.39, 0.29) is 0 Å². The van der Waals surface area contributed by atoms with Crippen molar-refractivity contribution in [3.63, 3.8) is 0 Å². The first kappa shape index (κ1) is 16.3. The number of methoxy groups -OCH3 is 2. The maximum atomic E-state index is 5.89. The van der Waals surface area contributed by atoms with Gasteiger partial charge in [-0.1, -0.05) is 6.07 Å². The molecular weight excluding hydrogens is 280 g/mol. The van der Waals surface area contributed by atoms with E-state index in [4.69, 9.17) is 14.2 Å². The molecule has 0 saturated carbocycles. The van der Waals surface area contributed by atoms with Crippen molar-refractivity contribution in [3.8, 4) is 11.5 Å². The predicted molar refractivity (Wildman–Crippen MR) is 85.1 cm³/mol.